The molecule has 6 heteroatoms. The molecule has 2 N–H and O–H groups in total. The third-order valence-electron chi connectivity index (χ3n) is 5.22. The van der Waals surface area contributed by atoms with Crippen molar-refractivity contribution in [1.82, 2.24) is 19.8 Å². The van der Waals surface area contributed by atoms with Gasteiger partial charge >= 0.3 is 0 Å². The molecule has 1 amide bonds. The predicted molar refractivity (Wildman–Crippen MR) is 107 cm³/mol. The molecule has 0 saturated carbocycles. The van der Waals surface area contributed by atoms with E-state index in [0.717, 1.165) is 45.3 Å². The highest BCUT2D eigenvalue weighted by Crippen LogP contribution is 2.18. The second kappa shape index (κ2) is 8.95. The number of hydrogen-bond acceptors (Lipinski definition) is 5. The average molecular weight is 367 g/mol. The SMILES string of the molecule is Cc1cc(C(=O)N(C)C2CCCN(CCCc3ccccc3)C2)nc(N)n1. The zero-order chi connectivity index (χ0) is 19.2. The smallest absolute Gasteiger partial charge is 0.272 e. The molecule has 144 valence electrons. The second-order valence-corrected chi connectivity index (χ2v) is 7.35. The number of nitrogens with zero attached hydrogens (tertiary/aromatic N) is 4. The topological polar surface area (TPSA) is 75.4 Å². The molecule has 1 unspecified atom stereocenters. The van der Waals surface area contributed by atoms with Gasteiger partial charge in [-0.1, -0.05) is 30.3 Å². The predicted octanol–water partition coefficient (Wildman–Crippen LogP) is 2.54. The Kier molecular flexibility index (Phi) is 6.40. The fourth-order valence-electron chi connectivity index (χ4n) is 3.75. The van der Waals surface area contributed by atoms with Gasteiger partial charge in [0.05, 0.1) is 0 Å². The molecule has 1 aliphatic rings. The largest absolute Gasteiger partial charge is 0.368 e. The van der Waals surface area contributed by atoms with E-state index in [9.17, 15) is 4.79 Å². The summed E-state index contributed by atoms with van der Waals surface area (Å²) in [5.74, 6) is 0.0706. The Labute approximate surface area is 161 Å². The Morgan fingerprint density at radius 1 is 1.30 bits per heavy atom. The van der Waals surface area contributed by atoms with Crippen LogP contribution in [0.1, 0.15) is 41.0 Å². The molecular weight excluding hydrogens is 338 g/mol. The van der Waals surface area contributed by atoms with Gasteiger partial charge in [-0.15, -0.1) is 0 Å². The Morgan fingerprint density at radius 3 is 2.81 bits per heavy atom. The highest BCUT2D eigenvalue weighted by atomic mass is 16.2. The van der Waals surface area contributed by atoms with Gasteiger partial charge in [0.25, 0.3) is 5.91 Å². The third-order valence-corrected chi connectivity index (χ3v) is 5.22. The summed E-state index contributed by atoms with van der Waals surface area (Å²) in [6.07, 6.45) is 4.36. The average Bonchev–Trinajstić information content (AvgIpc) is 2.67. The van der Waals surface area contributed by atoms with E-state index in [4.69, 9.17) is 5.73 Å². The number of piperidine rings is 1. The number of likely N-dealkylation sites (N-methyl/N-ethyl adjacent to an activating group) is 1. The maximum Gasteiger partial charge on any atom is 0.272 e. The second-order valence-electron chi connectivity index (χ2n) is 7.35. The summed E-state index contributed by atoms with van der Waals surface area (Å²) in [6.45, 7) is 4.90. The van der Waals surface area contributed by atoms with Crippen LogP contribution in [0.4, 0.5) is 5.95 Å². The highest BCUT2D eigenvalue weighted by Gasteiger charge is 2.27. The molecule has 0 radical (unpaired) electrons. The van der Waals surface area contributed by atoms with Crippen molar-refractivity contribution in [2.75, 3.05) is 32.4 Å². The van der Waals surface area contributed by atoms with E-state index >= 15 is 0 Å². The minimum atomic E-state index is -0.0802. The number of aryl methyl sites for hydroxylation is 2. The van der Waals surface area contributed by atoms with Crippen LogP contribution in [-0.2, 0) is 6.42 Å². The number of nitrogen functional groups attached to an aromatic ring is 1. The molecule has 1 aromatic carbocycles. The van der Waals surface area contributed by atoms with Gasteiger partial charge in [0.15, 0.2) is 0 Å². The Bertz CT molecular complexity index is 744. The normalized spacial score (nSPS) is 17.6. The van der Waals surface area contributed by atoms with E-state index in [1.54, 1.807) is 6.07 Å². The first-order valence-corrected chi connectivity index (χ1v) is 9.67. The summed E-state index contributed by atoms with van der Waals surface area (Å²) >= 11 is 0. The van der Waals surface area contributed by atoms with E-state index in [0.29, 0.717) is 11.4 Å². The molecule has 3 rings (SSSR count). The van der Waals surface area contributed by atoms with Crippen molar-refractivity contribution in [1.29, 1.82) is 0 Å². The molecule has 27 heavy (non-hydrogen) atoms. The number of aromatic nitrogens is 2. The number of carbonyl (C=O) groups is 1. The van der Waals surface area contributed by atoms with E-state index < -0.39 is 0 Å². The number of hydrogen-bond donors (Lipinski definition) is 1. The Balaban J connectivity index is 1.54. The fourth-order valence-corrected chi connectivity index (χ4v) is 3.75. The maximum absolute atomic E-state index is 12.8. The number of nitrogens with two attached hydrogens (primary N) is 1. The summed E-state index contributed by atoms with van der Waals surface area (Å²) in [5.41, 5.74) is 8.18. The van der Waals surface area contributed by atoms with Gasteiger partial charge in [-0.25, -0.2) is 9.97 Å². The molecule has 0 spiro atoms. The lowest BCUT2D eigenvalue weighted by molar-refractivity contribution is 0.0611. The van der Waals surface area contributed by atoms with E-state index in [1.807, 2.05) is 18.9 Å². The standard InChI is InChI=1S/C21H29N5O/c1-16-14-19(24-21(22)23-16)20(27)25(2)18-11-7-13-26(15-18)12-6-10-17-8-4-3-5-9-17/h3-5,8-9,14,18H,6-7,10-13,15H2,1-2H3,(H2,22,23,24). The Hall–Kier alpha value is -2.47. The molecule has 1 fully saturated rings. The van der Waals surface area contributed by atoms with Crippen LogP contribution in [-0.4, -0.2) is 58.4 Å². The van der Waals surface area contributed by atoms with Crippen molar-refractivity contribution < 1.29 is 4.79 Å². The lowest BCUT2D eigenvalue weighted by Gasteiger charge is -2.37. The summed E-state index contributed by atoms with van der Waals surface area (Å²) in [6, 6.07) is 12.5. The van der Waals surface area contributed by atoms with Crippen molar-refractivity contribution in [2.24, 2.45) is 0 Å². The molecule has 1 saturated heterocycles. The van der Waals surface area contributed by atoms with Gasteiger partial charge in [0, 0.05) is 25.3 Å². The lowest BCUT2D eigenvalue weighted by atomic mass is 10.0. The van der Waals surface area contributed by atoms with Crippen LogP contribution in [0.25, 0.3) is 0 Å². The van der Waals surface area contributed by atoms with E-state index in [1.165, 1.54) is 5.56 Å². The molecule has 1 aliphatic heterocycles. The van der Waals surface area contributed by atoms with Crippen LogP contribution in [0.5, 0.6) is 0 Å². The van der Waals surface area contributed by atoms with E-state index in [-0.39, 0.29) is 17.9 Å². The van der Waals surface area contributed by atoms with Crippen molar-refractivity contribution in [3.63, 3.8) is 0 Å². The van der Waals surface area contributed by atoms with Crippen LogP contribution in [0.2, 0.25) is 0 Å². The van der Waals surface area contributed by atoms with Gasteiger partial charge < -0.3 is 15.5 Å². The summed E-state index contributed by atoms with van der Waals surface area (Å²) in [4.78, 5) is 25.3. The number of carbonyl (C=O) groups excluding carboxylic acids is 1. The van der Waals surface area contributed by atoms with Crippen LogP contribution in [0.15, 0.2) is 36.4 Å². The minimum absolute atomic E-state index is 0.0802. The fraction of sp³-hybridized carbons (Fsp3) is 0.476. The molecule has 6 nitrogen and oxygen atoms in total. The first kappa shape index (κ1) is 19.3. The molecule has 2 heterocycles. The van der Waals surface area contributed by atoms with Gasteiger partial charge in [-0.05, 0) is 57.3 Å². The van der Waals surface area contributed by atoms with Crippen molar-refractivity contribution in [3.8, 4) is 0 Å². The zero-order valence-corrected chi connectivity index (χ0v) is 16.3. The van der Waals surface area contributed by atoms with Crippen LogP contribution < -0.4 is 5.73 Å². The molecule has 0 bridgehead atoms. The molecule has 1 atom stereocenters. The summed E-state index contributed by atoms with van der Waals surface area (Å²) < 4.78 is 0. The van der Waals surface area contributed by atoms with Gasteiger partial charge in [0.2, 0.25) is 5.95 Å². The van der Waals surface area contributed by atoms with Crippen LogP contribution in [0, 0.1) is 6.92 Å². The molecular formula is C21H29N5O. The number of benzene rings is 1. The number of anilines is 1. The maximum atomic E-state index is 12.8. The third kappa shape index (κ3) is 5.26. The van der Waals surface area contributed by atoms with Gasteiger partial charge in [0.1, 0.15) is 5.69 Å². The summed E-state index contributed by atoms with van der Waals surface area (Å²) in [7, 11) is 1.87. The van der Waals surface area contributed by atoms with Gasteiger partial charge in [-0.2, -0.15) is 0 Å². The summed E-state index contributed by atoms with van der Waals surface area (Å²) in [5, 5.41) is 0. The molecule has 2 aromatic rings. The van der Waals surface area contributed by atoms with Crippen molar-refractivity contribution in [3.05, 3.63) is 53.3 Å². The molecule has 1 aromatic heterocycles. The van der Waals surface area contributed by atoms with Gasteiger partial charge in [-0.3, -0.25) is 4.79 Å². The van der Waals surface area contributed by atoms with Crippen molar-refractivity contribution in [2.45, 2.75) is 38.6 Å². The first-order valence-electron chi connectivity index (χ1n) is 9.67. The van der Waals surface area contributed by atoms with Crippen LogP contribution in [0.3, 0.4) is 0 Å². The highest BCUT2D eigenvalue weighted by molar-refractivity contribution is 5.92. The minimum Gasteiger partial charge on any atom is -0.368 e. The van der Waals surface area contributed by atoms with E-state index in [2.05, 4.69) is 45.2 Å². The van der Waals surface area contributed by atoms with Crippen LogP contribution >= 0.6 is 0 Å². The molecule has 0 aliphatic carbocycles. The Morgan fingerprint density at radius 2 is 2.07 bits per heavy atom. The number of rotatable bonds is 6. The first-order chi connectivity index (χ1) is 13.0. The number of amides is 1. The lowest BCUT2D eigenvalue weighted by Crippen LogP contribution is -2.49. The number of likely N-dealkylation sites (tertiary alicyclic amines) is 1. The quantitative estimate of drug-likeness (QED) is 0.849. The monoisotopic (exact) mass is 367 g/mol. The van der Waals surface area contributed by atoms with Crippen molar-refractivity contribution >= 4 is 11.9 Å². The zero-order valence-electron chi connectivity index (χ0n) is 16.3.